The zero-order valence-corrected chi connectivity index (χ0v) is 19.8. The van der Waals surface area contributed by atoms with E-state index in [0.29, 0.717) is 42.8 Å². The fourth-order valence-corrected chi connectivity index (χ4v) is 4.38. The molecule has 1 unspecified atom stereocenters. The smallest absolute Gasteiger partial charge is 0.326 e. The Morgan fingerprint density at radius 3 is 2.94 bits per heavy atom. The van der Waals surface area contributed by atoms with Crippen LogP contribution in [0, 0.1) is 0 Å². The molecule has 0 aromatic carbocycles. The van der Waals surface area contributed by atoms with E-state index < -0.39 is 12.0 Å². The zero-order valence-electron chi connectivity index (χ0n) is 19.8. The average molecular weight is 485 g/mol. The molecule has 3 aromatic rings. The molecular weight excluding hydrogens is 451 g/mol. The maximum atomic E-state index is 12.9. The van der Waals surface area contributed by atoms with Crippen LogP contribution in [0.3, 0.4) is 0 Å². The summed E-state index contributed by atoms with van der Waals surface area (Å²) in [7, 11) is 0. The molecule has 4 N–H and O–H groups in total. The van der Waals surface area contributed by atoms with Crippen molar-refractivity contribution in [2.45, 2.75) is 51.0 Å². The van der Waals surface area contributed by atoms with E-state index in [0.717, 1.165) is 56.7 Å². The van der Waals surface area contributed by atoms with Crippen molar-refractivity contribution >= 4 is 28.6 Å². The second-order valence-corrected chi connectivity index (χ2v) is 8.86. The van der Waals surface area contributed by atoms with E-state index in [2.05, 4.69) is 47.8 Å². The number of rotatable bonds is 14. The monoisotopic (exact) mass is 484 g/mol. The number of fused-ring (bicyclic) bond motifs is 2. The summed E-state index contributed by atoms with van der Waals surface area (Å²) in [6, 6.07) is 3.45. The largest absolute Gasteiger partial charge is 0.480 e. The highest BCUT2D eigenvalue weighted by Crippen LogP contribution is 2.21. The molecule has 4 heterocycles. The predicted octanol–water partition coefficient (Wildman–Crippen LogP) is 3.05. The molecule has 0 fully saturated rings. The summed E-state index contributed by atoms with van der Waals surface area (Å²) >= 11 is 0. The van der Waals surface area contributed by atoms with Gasteiger partial charge in [0.05, 0.1) is 18.3 Å². The van der Waals surface area contributed by atoms with Gasteiger partial charge >= 0.3 is 5.97 Å². The van der Waals surface area contributed by atoms with Crippen molar-refractivity contribution in [3.63, 3.8) is 0 Å². The molecule has 0 spiro atoms. The number of carboxylic acid groups (broad SMARTS) is 1. The molecule has 0 amide bonds. The molecule has 10 nitrogen and oxygen atoms in total. The quantitative estimate of drug-likeness (QED) is 0.255. The van der Waals surface area contributed by atoms with Gasteiger partial charge in [0.2, 0.25) is 0 Å². The third-order valence-corrected chi connectivity index (χ3v) is 6.31. The highest BCUT2D eigenvalue weighted by Gasteiger charge is 2.21. The summed E-state index contributed by atoms with van der Waals surface area (Å²) in [6.45, 7) is 2.52. The Bertz CT molecular complexity index is 1110. The Balaban J connectivity index is 1.27. The second-order valence-electron chi connectivity index (χ2n) is 8.86. The maximum absolute atomic E-state index is 12.9. The third kappa shape index (κ3) is 6.84. The Kier molecular flexibility index (Phi) is 8.77. The molecule has 1 aliphatic heterocycles. The SMILES string of the molecule is O=C(O)C(CCN(CCCF)CCCCc1ccc2c(n1)NCCC2)Nc1ncnc2[nH]ncc12. The van der Waals surface area contributed by atoms with Gasteiger partial charge in [0.25, 0.3) is 0 Å². The first-order chi connectivity index (χ1) is 17.1. The number of aliphatic carboxylic acids is 1. The van der Waals surface area contributed by atoms with Crippen molar-refractivity contribution in [3.05, 3.63) is 35.9 Å². The van der Waals surface area contributed by atoms with E-state index in [-0.39, 0.29) is 6.67 Å². The van der Waals surface area contributed by atoms with Gasteiger partial charge in [-0.1, -0.05) is 6.07 Å². The summed E-state index contributed by atoms with van der Waals surface area (Å²) in [5.74, 6) is 0.484. The van der Waals surface area contributed by atoms with Gasteiger partial charge in [-0.2, -0.15) is 5.10 Å². The van der Waals surface area contributed by atoms with Crippen molar-refractivity contribution in [2.75, 3.05) is 43.5 Å². The van der Waals surface area contributed by atoms with Crippen LogP contribution >= 0.6 is 0 Å². The third-order valence-electron chi connectivity index (χ3n) is 6.31. The van der Waals surface area contributed by atoms with Crippen LogP contribution < -0.4 is 10.6 Å². The highest BCUT2D eigenvalue weighted by molar-refractivity contribution is 5.88. The van der Waals surface area contributed by atoms with Gasteiger partial charge in [-0.05, 0) is 63.1 Å². The number of carboxylic acids is 1. The molecule has 0 aliphatic carbocycles. The number of unbranched alkanes of at least 4 members (excludes halogenated alkanes) is 1. The lowest BCUT2D eigenvalue weighted by atomic mass is 10.1. The van der Waals surface area contributed by atoms with Gasteiger partial charge in [0.15, 0.2) is 5.65 Å². The van der Waals surface area contributed by atoms with Gasteiger partial charge in [-0.25, -0.2) is 19.7 Å². The molecule has 11 heteroatoms. The number of halogens is 1. The van der Waals surface area contributed by atoms with Crippen molar-refractivity contribution in [2.24, 2.45) is 0 Å². The topological polar surface area (TPSA) is 132 Å². The van der Waals surface area contributed by atoms with Gasteiger partial charge in [-0.3, -0.25) is 9.49 Å². The molecule has 1 atom stereocenters. The number of anilines is 2. The van der Waals surface area contributed by atoms with Crippen LogP contribution in [-0.4, -0.2) is 80.0 Å². The molecule has 35 heavy (non-hydrogen) atoms. The summed E-state index contributed by atoms with van der Waals surface area (Å²) in [6.07, 6.45) is 8.75. The van der Waals surface area contributed by atoms with Gasteiger partial charge < -0.3 is 20.6 Å². The van der Waals surface area contributed by atoms with Gasteiger partial charge in [0.1, 0.15) is 24.0 Å². The number of aromatic nitrogens is 5. The first kappa shape index (κ1) is 24.8. The predicted molar refractivity (Wildman–Crippen MR) is 132 cm³/mol. The van der Waals surface area contributed by atoms with Crippen LogP contribution in [0.25, 0.3) is 11.0 Å². The lowest BCUT2D eigenvalue weighted by molar-refractivity contribution is -0.138. The molecule has 1 aliphatic rings. The van der Waals surface area contributed by atoms with Crippen LogP contribution in [0.1, 0.15) is 43.4 Å². The van der Waals surface area contributed by atoms with Crippen LogP contribution in [-0.2, 0) is 17.6 Å². The number of nitrogens with one attached hydrogen (secondary N) is 3. The van der Waals surface area contributed by atoms with Crippen molar-refractivity contribution in [1.29, 1.82) is 0 Å². The molecule has 0 bridgehead atoms. The van der Waals surface area contributed by atoms with E-state index in [9.17, 15) is 14.3 Å². The van der Waals surface area contributed by atoms with E-state index in [4.69, 9.17) is 4.98 Å². The summed E-state index contributed by atoms with van der Waals surface area (Å²) in [5.41, 5.74) is 2.91. The Morgan fingerprint density at radius 1 is 1.20 bits per heavy atom. The average Bonchev–Trinajstić information content (AvgIpc) is 3.36. The van der Waals surface area contributed by atoms with Crippen LogP contribution in [0.2, 0.25) is 0 Å². The first-order valence-electron chi connectivity index (χ1n) is 12.3. The highest BCUT2D eigenvalue weighted by atomic mass is 19.1. The molecule has 0 radical (unpaired) electrons. The first-order valence-corrected chi connectivity index (χ1v) is 12.3. The van der Waals surface area contributed by atoms with Gasteiger partial charge in [-0.15, -0.1) is 0 Å². The fourth-order valence-electron chi connectivity index (χ4n) is 4.38. The van der Waals surface area contributed by atoms with Crippen molar-refractivity contribution in [3.8, 4) is 0 Å². The van der Waals surface area contributed by atoms with Gasteiger partial charge in [0, 0.05) is 25.3 Å². The van der Waals surface area contributed by atoms with E-state index in [1.54, 1.807) is 6.20 Å². The summed E-state index contributed by atoms with van der Waals surface area (Å²) in [4.78, 5) is 27.1. The number of aromatic amines is 1. The number of alkyl halides is 1. The number of aryl methyl sites for hydroxylation is 2. The maximum Gasteiger partial charge on any atom is 0.326 e. The van der Waals surface area contributed by atoms with Crippen molar-refractivity contribution in [1.82, 2.24) is 30.0 Å². The number of hydrogen-bond acceptors (Lipinski definition) is 8. The minimum atomic E-state index is -0.960. The molecule has 4 rings (SSSR count). The zero-order chi connectivity index (χ0) is 24.5. The van der Waals surface area contributed by atoms with E-state index in [1.807, 2.05) is 0 Å². The van der Waals surface area contributed by atoms with E-state index in [1.165, 1.54) is 11.9 Å². The number of nitrogens with zero attached hydrogens (tertiary/aromatic N) is 5. The lowest BCUT2D eigenvalue weighted by Gasteiger charge is -2.24. The number of pyridine rings is 1. The van der Waals surface area contributed by atoms with Crippen LogP contribution in [0.4, 0.5) is 16.0 Å². The fraction of sp³-hybridized carbons (Fsp3) is 0.542. The Labute approximate surface area is 203 Å². The van der Waals surface area contributed by atoms with E-state index >= 15 is 0 Å². The molecule has 0 saturated heterocycles. The molecule has 3 aromatic heterocycles. The second kappa shape index (κ2) is 12.4. The Morgan fingerprint density at radius 2 is 2.09 bits per heavy atom. The van der Waals surface area contributed by atoms with Crippen LogP contribution in [0.5, 0.6) is 0 Å². The molecular formula is C24H33FN8O2. The molecule has 188 valence electrons. The minimum absolute atomic E-state index is 0.364. The summed E-state index contributed by atoms with van der Waals surface area (Å²) < 4.78 is 12.9. The van der Waals surface area contributed by atoms with Crippen molar-refractivity contribution < 1.29 is 14.3 Å². The van der Waals surface area contributed by atoms with Crippen LogP contribution in [0.15, 0.2) is 24.7 Å². The molecule has 0 saturated carbocycles. The lowest BCUT2D eigenvalue weighted by Crippen LogP contribution is -2.36. The summed E-state index contributed by atoms with van der Waals surface area (Å²) in [5, 5.41) is 23.5. The standard InChI is InChI=1S/C24H33FN8O2/c25-10-4-13-33(12-2-1-6-18-8-7-17-5-3-11-26-21(17)30-18)14-9-20(24(34)35)31-22-19-15-29-32-23(19)28-16-27-22/h7-8,15-16,20H,1-6,9-14H2,(H,26,30)(H,34,35)(H2,27,28,29,31,32). The minimum Gasteiger partial charge on any atom is -0.480 e. The normalized spacial score (nSPS) is 14.0. The Hall–Kier alpha value is -3.34. The number of H-pyrrole nitrogens is 1. The number of carbonyl (C=O) groups is 1. The number of hydrogen-bond donors (Lipinski definition) is 4.